The third kappa shape index (κ3) is 6.84. The van der Waals surface area contributed by atoms with Crippen molar-refractivity contribution in [2.24, 2.45) is 0 Å². The molecule has 2 heterocycles. The molecule has 1 aromatic heterocycles. The lowest BCUT2D eigenvalue weighted by Gasteiger charge is -2.05. The zero-order chi connectivity index (χ0) is 23.3. The van der Waals surface area contributed by atoms with Gasteiger partial charge in [-0.15, -0.1) is 35.0 Å². The highest BCUT2D eigenvalue weighted by molar-refractivity contribution is 8.31. The number of hydrogen-bond donors (Lipinski definition) is 0. The largest absolute Gasteiger partial charge is 0.317 e. The molecular weight excluding hydrogens is 552 g/mol. The number of alkyl halides is 2. The van der Waals surface area contributed by atoms with Crippen LogP contribution in [0.4, 0.5) is 20.2 Å². The molecule has 1 aliphatic rings. The molecule has 0 amide bonds. The molecule has 31 heavy (non-hydrogen) atoms. The molecule has 0 N–H and O–H groups in total. The lowest BCUT2D eigenvalue weighted by molar-refractivity contribution is 0.606. The van der Waals surface area contributed by atoms with Gasteiger partial charge in [0.25, 0.3) is 0 Å². The molecule has 4 nitrogen and oxygen atoms in total. The summed E-state index contributed by atoms with van der Waals surface area (Å²) < 4.78 is 45.1. The SMILES string of the molecule is O=S(=O)(Cl)Cl.[C-]#[N+]c1ccc(F)c2c1SC(Cl)C2Cl.[C-]#[N+]c1ccc(F)c2ccsc12. The summed E-state index contributed by atoms with van der Waals surface area (Å²) in [4.78, 5) is 7.19. The molecule has 0 fully saturated rings. The number of hydrogen-bond acceptors (Lipinski definition) is 4. The Kier molecular flexibility index (Phi) is 9.23. The third-order valence-corrected chi connectivity index (χ3v) is 7.01. The molecule has 13 heteroatoms. The van der Waals surface area contributed by atoms with Crippen molar-refractivity contribution >= 4 is 97.4 Å². The van der Waals surface area contributed by atoms with Crippen molar-refractivity contribution in [3.05, 3.63) is 75.7 Å². The summed E-state index contributed by atoms with van der Waals surface area (Å²) in [5, 5.41) is 1.79. The number of fused-ring (bicyclic) bond motifs is 2. The van der Waals surface area contributed by atoms with Crippen molar-refractivity contribution in [1.82, 2.24) is 0 Å². The third-order valence-electron chi connectivity index (χ3n) is 3.64. The minimum Gasteiger partial charge on any atom is -0.237 e. The molecule has 0 spiro atoms. The second-order valence-corrected chi connectivity index (χ2v) is 12.4. The van der Waals surface area contributed by atoms with Crippen molar-refractivity contribution in [3.63, 3.8) is 0 Å². The highest BCUT2D eigenvalue weighted by atomic mass is 36.0. The first-order chi connectivity index (χ1) is 14.5. The monoisotopic (exact) mass is 558 g/mol. The zero-order valence-electron chi connectivity index (χ0n) is 14.8. The quantitative estimate of drug-likeness (QED) is 0.157. The maximum absolute atomic E-state index is 13.4. The topological polar surface area (TPSA) is 42.9 Å². The summed E-state index contributed by atoms with van der Waals surface area (Å²) in [7, 11) is 4.81. The van der Waals surface area contributed by atoms with Gasteiger partial charge in [0.05, 0.1) is 18.5 Å². The van der Waals surface area contributed by atoms with Crippen LogP contribution in [-0.2, 0) is 8.26 Å². The Morgan fingerprint density at radius 2 is 1.48 bits per heavy atom. The van der Waals surface area contributed by atoms with Crippen molar-refractivity contribution in [1.29, 1.82) is 0 Å². The minimum absolute atomic E-state index is 0.251. The van der Waals surface area contributed by atoms with Gasteiger partial charge in [0.1, 0.15) is 16.3 Å². The van der Waals surface area contributed by atoms with Crippen molar-refractivity contribution in [3.8, 4) is 0 Å². The number of rotatable bonds is 0. The van der Waals surface area contributed by atoms with E-state index in [1.165, 1.54) is 47.4 Å². The maximum atomic E-state index is 13.4. The second-order valence-electron chi connectivity index (χ2n) is 5.51. The number of nitrogens with zero attached hydrogens (tertiary/aromatic N) is 2. The second kappa shape index (κ2) is 11.0. The van der Waals surface area contributed by atoms with E-state index in [0.717, 1.165) is 4.70 Å². The molecule has 2 unspecified atom stereocenters. The summed E-state index contributed by atoms with van der Waals surface area (Å²) in [5.41, 5.74) is 1.31. The van der Waals surface area contributed by atoms with E-state index in [9.17, 15) is 8.78 Å². The van der Waals surface area contributed by atoms with Crippen LogP contribution < -0.4 is 0 Å². The fourth-order valence-corrected chi connectivity index (χ4v) is 5.20. The molecule has 3 aromatic rings. The molecule has 0 radical (unpaired) electrons. The van der Waals surface area contributed by atoms with Gasteiger partial charge < -0.3 is 0 Å². The van der Waals surface area contributed by atoms with Gasteiger partial charge in [-0.2, -0.15) is 19.8 Å². The molecule has 0 saturated carbocycles. The Hall–Kier alpha value is -1.30. The highest BCUT2D eigenvalue weighted by Gasteiger charge is 2.34. The predicted molar refractivity (Wildman–Crippen MR) is 125 cm³/mol. The molecular formula is C18H8Cl4F2N2O2S3. The van der Waals surface area contributed by atoms with Crippen molar-refractivity contribution in [2.75, 3.05) is 0 Å². The van der Waals surface area contributed by atoms with E-state index in [-0.39, 0.29) is 11.6 Å². The first-order valence-corrected chi connectivity index (χ1v) is 13.6. The van der Waals surface area contributed by atoms with Crippen LogP contribution in [0.15, 0.2) is 40.6 Å². The average Bonchev–Trinajstić information content (AvgIpc) is 3.29. The van der Waals surface area contributed by atoms with E-state index >= 15 is 0 Å². The number of benzene rings is 2. The van der Waals surface area contributed by atoms with Crippen LogP contribution in [0.1, 0.15) is 10.9 Å². The molecule has 2 atom stereocenters. The fourth-order valence-electron chi connectivity index (χ4n) is 2.44. The lowest BCUT2D eigenvalue weighted by atomic mass is 10.1. The van der Waals surface area contributed by atoms with E-state index in [4.69, 9.17) is 44.8 Å². The summed E-state index contributed by atoms with van der Waals surface area (Å²) in [6.45, 7) is 13.8. The summed E-state index contributed by atoms with van der Waals surface area (Å²) in [6.07, 6.45) is 0. The van der Waals surface area contributed by atoms with E-state index in [1.54, 1.807) is 11.4 Å². The van der Waals surface area contributed by atoms with Gasteiger partial charge in [-0.25, -0.2) is 18.5 Å². The number of thiophene rings is 1. The highest BCUT2D eigenvalue weighted by Crippen LogP contribution is 2.53. The molecule has 4 rings (SSSR count). The van der Waals surface area contributed by atoms with E-state index in [1.807, 2.05) is 0 Å². The van der Waals surface area contributed by atoms with Gasteiger partial charge in [0.15, 0.2) is 0 Å². The standard InChI is InChI=1S/C9H4Cl2FNS.C9H4FNS.Cl2O2S/c1-13-5-3-2-4(12)6-7(10)9(11)14-8(5)6;1-11-8-3-2-7(10)6-4-5-12-9(6)8;1-5(2,3)4/h2-3,7,9H;2-5H;. The first-order valence-electron chi connectivity index (χ1n) is 7.80. The van der Waals surface area contributed by atoms with Crippen LogP contribution in [0.3, 0.4) is 0 Å². The van der Waals surface area contributed by atoms with Crippen LogP contribution in [0.5, 0.6) is 0 Å². The lowest BCUT2D eigenvalue weighted by Crippen LogP contribution is -1.96. The average molecular weight is 560 g/mol. The maximum Gasteiger partial charge on any atom is 0.317 e. The molecule has 0 aliphatic carbocycles. The van der Waals surface area contributed by atoms with Gasteiger partial charge in [-0.05, 0) is 23.6 Å². The summed E-state index contributed by atoms with van der Waals surface area (Å²) in [6, 6.07) is 7.26. The Morgan fingerprint density at radius 3 is 2.06 bits per heavy atom. The molecule has 2 aromatic carbocycles. The normalized spacial score (nSPS) is 16.8. The molecule has 0 saturated heterocycles. The van der Waals surface area contributed by atoms with Gasteiger partial charge in [-0.3, -0.25) is 0 Å². The summed E-state index contributed by atoms with van der Waals surface area (Å²) >= 11 is 14.5. The van der Waals surface area contributed by atoms with Crippen LogP contribution in [0.25, 0.3) is 19.8 Å². The van der Waals surface area contributed by atoms with Gasteiger partial charge in [0, 0.05) is 41.9 Å². The van der Waals surface area contributed by atoms with Crippen molar-refractivity contribution < 1.29 is 17.2 Å². The zero-order valence-corrected chi connectivity index (χ0v) is 20.3. The number of thioether (sulfide) groups is 1. The molecule has 1 aliphatic heterocycles. The van der Waals surface area contributed by atoms with E-state index in [2.05, 4.69) is 31.1 Å². The molecule has 0 bridgehead atoms. The summed E-state index contributed by atoms with van der Waals surface area (Å²) in [5.74, 6) is -0.637. The van der Waals surface area contributed by atoms with Crippen LogP contribution in [0.2, 0.25) is 0 Å². The Labute approximate surface area is 204 Å². The van der Waals surface area contributed by atoms with E-state index in [0.29, 0.717) is 27.2 Å². The Bertz CT molecular complexity index is 1300. The fraction of sp³-hybridized carbons (Fsp3) is 0.111. The van der Waals surface area contributed by atoms with E-state index < -0.39 is 18.4 Å². The minimum atomic E-state index is -3.72. The van der Waals surface area contributed by atoms with Crippen LogP contribution in [0, 0.1) is 24.8 Å². The van der Waals surface area contributed by atoms with Gasteiger partial charge in [0.2, 0.25) is 11.4 Å². The van der Waals surface area contributed by atoms with Gasteiger partial charge >= 0.3 is 8.26 Å². The smallest absolute Gasteiger partial charge is 0.237 e. The number of halogens is 6. The molecule has 162 valence electrons. The van der Waals surface area contributed by atoms with Gasteiger partial charge in [-0.1, -0.05) is 12.1 Å². The van der Waals surface area contributed by atoms with Crippen LogP contribution >= 0.6 is 67.7 Å². The predicted octanol–water partition coefficient (Wildman–Crippen LogP) is 8.63. The Balaban J connectivity index is 0.000000184. The van der Waals surface area contributed by atoms with Crippen LogP contribution in [-0.4, -0.2) is 13.1 Å². The van der Waals surface area contributed by atoms with Crippen molar-refractivity contribution in [2.45, 2.75) is 15.0 Å². The first kappa shape index (κ1) is 26.0. The Morgan fingerprint density at radius 1 is 0.935 bits per heavy atom.